The number of carbonyl (C=O) groups is 1. The van der Waals surface area contributed by atoms with Crippen LogP contribution in [0.25, 0.3) is 0 Å². The van der Waals surface area contributed by atoms with E-state index >= 15 is 0 Å². The molecule has 1 saturated carbocycles. The molecule has 1 amide bonds. The van der Waals surface area contributed by atoms with E-state index in [0.717, 1.165) is 6.42 Å². The fourth-order valence-electron chi connectivity index (χ4n) is 1.93. The molecule has 0 saturated heterocycles. The van der Waals surface area contributed by atoms with E-state index in [4.69, 9.17) is 5.73 Å². The average molecular weight is 212 g/mol. The third kappa shape index (κ3) is 2.71. The molecule has 1 aliphatic carbocycles. The molecule has 15 heavy (non-hydrogen) atoms. The second-order valence-electron chi connectivity index (χ2n) is 5.29. The number of nitrogens with zero attached hydrogens (tertiary/aromatic N) is 1. The van der Waals surface area contributed by atoms with Crippen molar-refractivity contribution in [3.8, 4) is 0 Å². The van der Waals surface area contributed by atoms with Crippen LogP contribution in [0.4, 0.5) is 0 Å². The molecule has 0 aliphatic heterocycles. The summed E-state index contributed by atoms with van der Waals surface area (Å²) in [5.74, 6) is 0.879. The van der Waals surface area contributed by atoms with Gasteiger partial charge in [0.2, 0.25) is 5.91 Å². The van der Waals surface area contributed by atoms with E-state index in [2.05, 4.69) is 6.92 Å². The maximum atomic E-state index is 12.2. The van der Waals surface area contributed by atoms with E-state index in [1.807, 2.05) is 25.8 Å². The maximum absolute atomic E-state index is 12.2. The molecule has 3 heteroatoms. The normalized spacial score (nSPS) is 18.7. The third-order valence-electron chi connectivity index (χ3n) is 3.69. The van der Waals surface area contributed by atoms with Crippen molar-refractivity contribution in [1.29, 1.82) is 0 Å². The molecule has 2 N–H and O–H groups in total. The van der Waals surface area contributed by atoms with Crippen LogP contribution in [0.2, 0.25) is 0 Å². The van der Waals surface area contributed by atoms with Gasteiger partial charge in [0.1, 0.15) is 0 Å². The molecule has 3 nitrogen and oxygen atoms in total. The van der Waals surface area contributed by atoms with Gasteiger partial charge in [-0.3, -0.25) is 4.79 Å². The quantitative estimate of drug-likeness (QED) is 0.752. The molecule has 0 bridgehead atoms. The van der Waals surface area contributed by atoms with E-state index in [0.29, 0.717) is 12.5 Å². The molecule has 1 atom stereocenters. The summed E-state index contributed by atoms with van der Waals surface area (Å²) in [6.45, 7) is 6.66. The maximum Gasteiger partial charge on any atom is 0.228 e. The zero-order valence-electron chi connectivity index (χ0n) is 10.4. The van der Waals surface area contributed by atoms with Crippen LogP contribution in [-0.2, 0) is 4.79 Å². The minimum absolute atomic E-state index is 0.229. The van der Waals surface area contributed by atoms with Gasteiger partial charge < -0.3 is 10.6 Å². The Balaban J connectivity index is 2.65. The van der Waals surface area contributed by atoms with Gasteiger partial charge >= 0.3 is 0 Å². The van der Waals surface area contributed by atoms with Gasteiger partial charge in [-0.15, -0.1) is 0 Å². The summed E-state index contributed by atoms with van der Waals surface area (Å²) in [6.07, 6.45) is 3.33. The Labute approximate surface area is 93.0 Å². The Morgan fingerprint density at radius 2 is 2.07 bits per heavy atom. The van der Waals surface area contributed by atoms with Gasteiger partial charge in [-0.2, -0.15) is 0 Å². The minimum Gasteiger partial charge on any atom is -0.341 e. The first-order chi connectivity index (χ1) is 6.94. The summed E-state index contributed by atoms with van der Waals surface area (Å²) in [4.78, 5) is 14.1. The van der Waals surface area contributed by atoms with E-state index in [-0.39, 0.29) is 17.4 Å². The summed E-state index contributed by atoms with van der Waals surface area (Å²) in [7, 11) is 1.90. The Hall–Kier alpha value is -0.570. The van der Waals surface area contributed by atoms with Gasteiger partial charge in [0.15, 0.2) is 0 Å². The molecule has 88 valence electrons. The lowest BCUT2D eigenvalue weighted by Gasteiger charge is -2.34. The highest BCUT2D eigenvalue weighted by molar-refractivity contribution is 5.82. The van der Waals surface area contributed by atoms with Gasteiger partial charge in [-0.25, -0.2) is 0 Å². The highest BCUT2D eigenvalue weighted by atomic mass is 16.2. The first kappa shape index (κ1) is 12.5. The third-order valence-corrected chi connectivity index (χ3v) is 3.69. The smallest absolute Gasteiger partial charge is 0.228 e. The first-order valence-electron chi connectivity index (χ1n) is 5.91. The van der Waals surface area contributed by atoms with Crippen molar-refractivity contribution >= 4 is 5.91 Å². The van der Waals surface area contributed by atoms with Crippen LogP contribution in [0.1, 0.15) is 40.0 Å². The van der Waals surface area contributed by atoms with Crippen LogP contribution in [0, 0.1) is 11.3 Å². The molecule has 1 fully saturated rings. The van der Waals surface area contributed by atoms with Crippen LogP contribution in [0.3, 0.4) is 0 Å². The summed E-state index contributed by atoms with van der Waals surface area (Å²) >= 11 is 0. The number of rotatable bonds is 5. The highest BCUT2D eigenvalue weighted by Crippen LogP contribution is 2.36. The SMILES string of the molecule is CCC(C)(C)C(=O)N(C)C(CN)C1CC1. The Morgan fingerprint density at radius 1 is 1.53 bits per heavy atom. The fourth-order valence-corrected chi connectivity index (χ4v) is 1.93. The largest absolute Gasteiger partial charge is 0.341 e. The van der Waals surface area contributed by atoms with Crippen molar-refractivity contribution in [2.24, 2.45) is 17.1 Å². The van der Waals surface area contributed by atoms with E-state index in [1.54, 1.807) is 0 Å². The van der Waals surface area contributed by atoms with Crippen molar-refractivity contribution in [3.63, 3.8) is 0 Å². The van der Waals surface area contributed by atoms with Crippen LogP contribution in [-0.4, -0.2) is 30.4 Å². The van der Waals surface area contributed by atoms with Crippen LogP contribution < -0.4 is 5.73 Å². The molecule has 0 spiro atoms. The Morgan fingerprint density at radius 3 is 2.40 bits per heavy atom. The van der Waals surface area contributed by atoms with Crippen molar-refractivity contribution < 1.29 is 4.79 Å². The van der Waals surface area contributed by atoms with E-state index in [9.17, 15) is 4.79 Å². The van der Waals surface area contributed by atoms with Crippen LogP contribution in [0.15, 0.2) is 0 Å². The number of amides is 1. The summed E-state index contributed by atoms with van der Waals surface area (Å²) in [5, 5.41) is 0. The summed E-state index contributed by atoms with van der Waals surface area (Å²) < 4.78 is 0. The van der Waals surface area contributed by atoms with E-state index < -0.39 is 0 Å². The second kappa shape index (κ2) is 4.52. The van der Waals surface area contributed by atoms with Crippen LogP contribution >= 0.6 is 0 Å². The van der Waals surface area contributed by atoms with Gasteiger partial charge in [-0.1, -0.05) is 20.8 Å². The number of hydrogen-bond acceptors (Lipinski definition) is 2. The first-order valence-corrected chi connectivity index (χ1v) is 5.91. The second-order valence-corrected chi connectivity index (χ2v) is 5.29. The predicted molar refractivity (Wildman–Crippen MR) is 62.4 cm³/mol. The molecular weight excluding hydrogens is 188 g/mol. The summed E-state index contributed by atoms with van der Waals surface area (Å²) in [6, 6.07) is 0.253. The standard InChI is InChI=1S/C12H24N2O/c1-5-12(2,3)11(15)14(4)10(8-13)9-6-7-9/h9-10H,5-8,13H2,1-4H3. The molecule has 0 aromatic rings. The summed E-state index contributed by atoms with van der Waals surface area (Å²) in [5.41, 5.74) is 5.49. The zero-order chi connectivity index (χ0) is 11.6. The van der Waals surface area contributed by atoms with Gasteiger partial charge in [0.05, 0.1) is 0 Å². The topological polar surface area (TPSA) is 46.3 Å². The van der Waals surface area contributed by atoms with Crippen molar-refractivity contribution in [1.82, 2.24) is 4.90 Å². The van der Waals surface area contributed by atoms with Gasteiger partial charge in [0.25, 0.3) is 0 Å². The van der Waals surface area contributed by atoms with Crippen molar-refractivity contribution in [2.75, 3.05) is 13.6 Å². The van der Waals surface area contributed by atoms with Crippen LogP contribution in [0.5, 0.6) is 0 Å². The van der Waals surface area contributed by atoms with Gasteiger partial charge in [-0.05, 0) is 25.2 Å². The lowest BCUT2D eigenvalue weighted by molar-refractivity contribution is -0.141. The molecule has 1 unspecified atom stereocenters. The molecular formula is C12H24N2O. The lowest BCUT2D eigenvalue weighted by atomic mass is 9.88. The average Bonchev–Trinajstić information content (AvgIpc) is 3.01. The fraction of sp³-hybridized carbons (Fsp3) is 0.917. The Bertz CT molecular complexity index is 234. The molecule has 1 aliphatic rings. The Kier molecular flexibility index (Phi) is 3.77. The number of likely N-dealkylation sites (N-methyl/N-ethyl adjacent to an activating group) is 1. The van der Waals surface area contributed by atoms with Gasteiger partial charge in [0, 0.05) is 25.0 Å². The van der Waals surface area contributed by atoms with Crippen molar-refractivity contribution in [3.05, 3.63) is 0 Å². The molecule has 0 aromatic carbocycles. The zero-order valence-corrected chi connectivity index (χ0v) is 10.4. The lowest BCUT2D eigenvalue weighted by Crippen LogP contribution is -2.48. The highest BCUT2D eigenvalue weighted by Gasteiger charge is 2.38. The minimum atomic E-state index is -0.253. The number of hydrogen-bond donors (Lipinski definition) is 1. The monoisotopic (exact) mass is 212 g/mol. The predicted octanol–water partition coefficient (Wildman–Crippen LogP) is 1.62. The molecule has 1 rings (SSSR count). The van der Waals surface area contributed by atoms with Crippen molar-refractivity contribution in [2.45, 2.75) is 46.1 Å². The number of nitrogens with two attached hydrogens (primary N) is 1. The molecule has 0 heterocycles. The molecule has 0 aromatic heterocycles. The number of carbonyl (C=O) groups excluding carboxylic acids is 1. The molecule has 0 radical (unpaired) electrons. The van der Waals surface area contributed by atoms with E-state index in [1.165, 1.54) is 12.8 Å².